The van der Waals surface area contributed by atoms with Crippen LogP contribution in [0.2, 0.25) is 0 Å². The van der Waals surface area contributed by atoms with E-state index in [1.165, 1.54) is 11.6 Å². The molecule has 0 heterocycles. The molecule has 0 saturated carbocycles. The number of ether oxygens (including phenoxy) is 1. The van der Waals surface area contributed by atoms with E-state index < -0.39 is 35.1 Å². The van der Waals surface area contributed by atoms with Gasteiger partial charge < -0.3 is 4.74 Å². The number of rotatable bonds is 8. The van der Waals surface area contributed by atoms with Gasteiger partial charge in [-0.1, -0.05) is 61.9 Å². The predicted octanol–water partition coefficient (Wildman–Crippen LogP) is 9.21. The molecule has 1 nitrogen and oxygen atoms in total. The second kappa shape index (κ2) is 10.9. The first-order chi connectivity index (χ1) is 17.6. The monoisotopic (exact) mass is 512 g/mol. The fourth-order valence-electron chi connectivity index (χ4n) is 3.83. The first kappa shape index (κ1) is 26.1. The van der Waals surface area contributed by atoms with Crippen molar-refractivity contribution in [2.75, 3.05) is 0 Å². The molecule has 4 rings (SSSR count). The third kappa shape index (κ3) is 6.42. The first-order valence-electron chi connectivity index (χ1n) is 11.5. The second-order valence-corrected chi connectivity index (χ2v) is 8.46. The van der Waals surface area contributed by atoms with Gasteiger partial charge in [0.05, 0.1) is 0 Å². The summed E-state index contributed by atoms with van der Waals surface area (Å²) in [4.78, 5) is 0. The van der Waals surface area contributed by atoms with E-state index in [2.05, 4.69) is 23.8 Å². The summed E-state index contributed by atoms with van der Waals surface area (Å²) < 4.78 is 87.9. The van der Waals surface area contributed by atoms with Crippen LogP contribution in [-0.4, -0.2) is 6.11 Å². The van der Waals surface area contributed by atoms with Crippen LogP contribution in [0.3, 0.4) is 0 Å². The summed E-state index contributed by atoms with van der Waals surface area (Å²) in [7, 11) is 0. The highest BCUT2D eigenvalue weighted by atomic mass is 19.3. The summed E-state index contributed by atoms with van der Waals surface area (Å²) >= 11 is 0. The normalized spacial score (nSPS) is 11.8. The van der Waals surface area contributed by atoms with Crippen molar-refractivity contribution in [3.8, 4) is 28.0 Å². The topological polar surface area (TPSA) is 9.23 Å². The van der Waals surface area contributed by atoms with Gasteiger partial charge in [0.15, 0.2) is 17.5 Å². The van der Waals surface area contributed by atoms with Crippen LogP contribution in [0.15, 0.2) is 84.9 Å². The minimum Gasteiger partial charge on any atom is -0.429 e. The van der Waals surface area contributed by atoms with Crippen LogP contribution in [0.5, 0.6) is 5.75 Å². The number of halogens is 6. The maximum atomic E-state index is 14.5. The maximum absolute atomic E-state index is 14.5. The summed E-state index contributed by atoms with van der Waals surface area (Å²) in [5.74, 6) is -6.25. The van der Waals surface area contributed by atoms with Crippen LogP contribution in [0.1, 0.15) is 24.5 Å². The molecule has 0 aliphatic heterocycles. The zero-order valence-corrected chi connectivity index (χ0v) is 19.8. The zero-order chi connectivity index (χ0) is 26.6. The fraction of sp³-hybridized carbons (Fsp3) is 0.133. The Morgan fingerprint density at radius 3 is 1.86 bits per heavy atom. The van der Waals surface area contributed by atoms with Crippen LogP contribution in [-0.2, 0) is 6.42 Å². The van der Waals surface area contributed by atoms with Gasteiger partial charge in [-0.25, -0.2) is 17.6 Å². The van der Waals surface area contributed by atoms with Gasteiger partial charge in [0.2, 0.25) is 0 Å². The molecule has 190 valence electrons. The van der Waals surface area contributed by atoms with E-state index in [1.807, 2.05) is 24.3 Å². The molecule has 0 saturated heterocycles. The Kier molecular flexibility index (Phi) is 7.71. The summed E-state index contributed by atoms with van der Waals surface area (Å²) in [6, 6.07) is 19.1. The first-order valence-corrected chi connectivity index (χ1v) is 11.5. The van der Waals surface area contributed by atoms with E-state index in [0.29, 0.717) is 29.8 Å². The van der Waals surface area contributed by atoms with Gasteiger partial charge in [-0.05, 0) is 64.6 Å². The Bertz CT molecular complexity index is 1390. The lowest BCUT2D eigenvalue weighted by molar-refractivity contribution is -0.131. The Morgan fingerprint density at radius 1 is 0.703 bits per heavy atom. The summed E-state index contributed by atoms with van der Waals surface area (Å²) in [5, 5.41) is 0. The van der Waals surface area contributed by atoms with Crippen molar-refractivity contribution < 1.29 is 31.1 Å². The molecular formula is C30H22F6O. The van der Waals surface area contributed by atoms with Crippen molar-refractivity contribution in [3.63, 3.8) is 0 Å². The average Bonchev–Trinajstić information content (AvgIpc) is 2.87. The molecule has 0 aromatic heterocycles. The zero-order valence-electron chi connectivity index (χ0n) is 19.8. The molecule has 4 aromatic carbocycles. The van der Waals surface area contributed by atoms with Gasteiger partial charge >= 0.3 is 6.11 Å². The van der Waals surface area contributed by atoms with E-state index in [9.17, 15) is 26.3 Å². The van der Waals surface area contributed by atoms with Crippen molar-refractivity contribution in [1.29, 1.82) is 0 Å². The van der Waals surface area contributed by atoms with Crippen molar-refractivity contribution in [1.82, 2.24) is 0 Å². The summed E-state index contributed by atoms with van der Waals surface area (Å²) in [5.41, 5.74) is 3.13. The third-order valence-corrected chi connectivity index (χ3v) is 5.70. The van der Waals surface area contributed by atoms with Crippen molar-refractivity contribution in [3.05, 3.63) is 119 Å². The lowest BCUT2D eigenvalue weighted by Gasteiger charge is -2.15. The summed E-state index contributed by atoms with van der Waals surface area (Å²) in [6.45, 7) is 2.12. The Morgan fingerprint density at radius 2 is 1.30 bits per heavy atom. The highest BCUT2D eigenvalue weighted by molar-refractivity contribution is 5.67. The molecule has 0 aliphatic rings. The van der Waals surface area contributed by atoms with Crippen LogP contribution >= 0.6 is 0 Å². The fourth-order valence-corrected chi connectivity index (χ4v) is 3.83. The second-order valence-electron chi connectivity index (χ2n) is 8.46. The smallest absolute Gasteiger partial charge is 0.419 e. The Balaban J connectivity index is 1.44. The molecule has 4 aromatic rings. The molecule has 0 N–H and O–H groups in total. The highest BCUT2D eigenvalue weighted by Gasteiger charge is 2.28. The van der Waals surface area contributed by atoms with Crippen LogP contribution in [0.4, 0.5) is 26.3 Å². The standard InChI is InChI=1S/C30H22F6O/c1-2-3-19-4-8-21(9-5-19)22-10-6-20(7-11-22)14-15-30(35,36)37-24-12-13-25(26(31)18-24)23-16-27(32)29(34)28(33)17-23/h4-18H,2-3H2,1H3/b15-14+. The largest absolute Gasteiger partial charge is 0.429 e. The lowest BCUT2D eigenvalue weighted by Crippen LogP contribution is -2.21. The van der Waals surface area contributed by atoms with Gasteiger partial charge in [0.25, 0.3) is 0 Å². The Hall–Kier alpha value is -4.00. The Labute approximate surface area is 210 Å². The maximum Gasteiger partial charge on any atom is 0.419 e. The van der Waals surface area contributed by atoms with E-state index in [0.717, 1.165) is 36.1 Å². The molecule has 0 radical (unpaired) electrons. The lowest BCUT2D eigenvalue weighted by atomic mass is 10.0. The van der Waals surface area contributed by atoms with Gasteiger partial charge in [0, 0.05) is 17.7 Å². The molecule has 37 heavy (non-hydrogen) atoms. The van der Waals surface area contributed by atoms with Gasteiger partial charge in [-0.2, -0.15) is 8.78 Å². The molecule has 0 spiro atoms. The van der Waals surface area contributed by atoms with Crippen molar-refractivity contribution >= 4 is 6.08 Å². The quantitative estimate of drug-likeness (QED) is 0.169. The number of benzene rings is 4. The van der Waals surface area contributed by atoms with E-state index >= 15 is 0 Å². The SMILES string of the molecule is CCCc1ccc(-c2ccc(/C=C/C(F)(F)Oc3ccc(-c4cc(F)c(F)c(F)c4)c(F)c3)cc2)cc1. The van der Waals surface area contributed by atoms with Crippen LogP contribution < -0.4 is 4.74 Å². The van der Waals surface area contributed by atoms with Gasteiger partial charge in [0.1, 0.15) is 11.6 Å². The minimum atomic E-state index is -3.77. The number of hydrogen-bond donors (Lipinski definition) is 0. The van der Waals surface area contributed by atoms with Gasteiger partial charge in [-0.15, -0.1) is 0 Å². The van der Waals surface area contributed by atoms with Crippen LogP contribution in [0.25, 0.3) is 28.3 Å². The molecule has 7 heteroatoms. The summed E-state index contributed by atoms with van der Waals surface area (Å²) in [6.07, 6.45) is 0.0234. The van der Waals surface area contributed by atoms with E-state index in [1.54, 1.807) is 12.1 Å². The number of aryl methyl sites for hydroxylation is 1. The van der Waals surface area contributed by atoms with Gasteiger partial charge in [-0.3, -0.25) is 0 Å². The third-order valence-electron chi connectivity index (χ3n) is 5.70. The molecule has 0 fully saturated rings. The highest BCUT2D eigenvalue weighted by Crippen LogP contribution is 2.31. The molecule has 0 amide bonds. The molecule has 0 unspecified atom stereocenters. The number of hydrogen-bond acceptors (Lipinski definition) is 1. The predicted molar refractivity (Wildman–Crippen MR) is 132 cm³/mol. The molecule has 0 aliphatic carbocycles. The van der Waals surface area contributed by atoms with Crippen LogP contribution in [0, 0.1) is 23.3 Å². The van der Waals surface area contributed by atoms with Crippen molar-refractivity contribution in [2.24, 2.45) is 0 Å². The van der Waals surface area contributed by atoms with E-state index in [-0.39, 0.29) is 11.1 Å². The molecule has 0 bridgehead atoms. The van der Waals surface area contributed by atoms with Crippen molar-refractivity contribution in [2.45, 2.75) is 25.9 Å². The molecule has 0 atom stereocenters. The molecular weight excluding hydrogens is 490 g/mol. The minimum absolute atomic E-state index is 0.285. The average molecular weight is 512 g/mol. The van der Waals surface area contributed by atoms with E-state index in [4.69, 9.17) is 0 Å². The number of alkyl halides is 2.